The van der Waals surface area contributed by atoms with Crippen molar-refractivity contribution in [2.24, 2.45) is 0 Å². The summed E-state index contributed by atoms with van der Waals surface area (Å²) in [5.41, 5.74) is 1.06. The molecule has 0 N–H and O–H groups in total. The first-order valence-corrected chi connectivity index (χ1v) is 10.1. The first-order chi connectivity index (χ1) is 13.1. The van der Waals surface area contributed by atoms with Crippen LogP contribution in [0.3, 0.4) is 0 Å². The number of benzene rings is 2. The number of methoxy groups -OCH3 is 1. The highest BCUT2D eigenvalue weighted by atomic mass is 32.2. The van der Waals surface area contributed by atoms with Crippen molar-refractivity contribution in [3.05, 3.63) is 48.0 Å². The van der Waals surface area contributed by atoms with Gasteiger partial charge in [-0.05, 0) is 49.7 Å². The van der Waals surface area contributed by atoms with Crippen molar-refractivity contribution >= 4 is 17.7 Å². The largest absolute Gasteiger partial charge is 0.497 e. The fraction of sp³-hybridized carbons (Fsp3) is 0.381. The van der Waals surface area contributed by atoms with Crippen LogP contribution in [0.15, 0.2) is 47.4 Å². The zero-order valence-corrected chi connectivity index (χ0v) is 16.8. The van der Waals surface area contributed by atoms with Crippen molar-refractivity contribution in [2.45, 2.75) is 24.8 Å². The molecule has 1 atom stereocenters. The molecular weight excluding hydrogens is 362 g/mol. The van der Waals surface area contributed by atoms with E-state index >= 15 is 0 Å². The Morgan fingerprint density at radius 2 is 1.96 bits per heavy atom. The van der Waals surface area contributed by atoms with Crippen LogP contribution < -0.4 is 14.2 Å². The number of hydrogen-bond acceptors (Lipinski definition) is 5. The number of hydrogen-bond donors (Lipinski definition) is 0. The number of carbonyl (C=O) groups is 1. The first kappa shape index (κ1) is 19.4. The van der Waals surface area contributed by atoms with Gasteiger partial charge in [-0.3, -0.25) is 4.79 Å². The minimum absolute atomic E-state index is 0.0153. The Morgan fingerprint density at radius 1 is 1.19 bits per heavy atom. The second-order valence-corrected chi connectivity index (χ2v) is 7.28. The van der Waals surface area contributed by atoms with E-state index in [1.165, 1.54) is 11.8 Å². The van der Waals surface area contributed by atoms with E-state index in [0.717, 1.165) is 27.7 Å². The van der Waals surface area contributed by atoms with Gasteiger partial charge in [0.2, 0.25) is 5.91 Å². The van der Waals surface area contributed by atoms with E-state index < -0.39 is 0 Å². The normalized spacial score (nSPS) is 13.7. The Labute approximate surface area is 164 Å². The third-order valence-corrected chi connectivity index (χ3v) is 5.56. The van der Waals surface area contributed by atoms with Crippen molar-refractivity contribution < 1.29 is 19.0 Å². The first-order valence-electron chi connectivity index (χ1n) is 9.08. The molecule has 0 aromatic heterocycles. The van der Waals surface area contributed by atoms with Gasteiger partial charge in [0.05, 0.1) is 18.9 Å². The lowest BCUT2D eigenvalue weighted by Crippen LogP contribution is -2.34. The molecule has 0 radical (unpaired) electrons. The Hall–Kier alpha value is -2.34. The molecule has 144 valence electrons. The second kappa shape index (κ2) is 9.04. The fourth-order valence-corrected chi connectivity index (χ4v) is 3.90. The fourth-order valence-electron chi connectivity index (χ4n) is 3.09. The van der Waals surface area contributed by atoms with E-state index in [-0.39, 0.29) is 11.9 Å². The Bertz CT molecular complexity index is 796. The smallest absolute Gasteiger partial charge is 0.233 e. The van der Waals surface area contributed by atoms with Crippen molar-refractivity contribution in [1.29, 1.82) is 0 Å². The summed E-state index contributed by atoms with van der Waals surface area (Å²) in [7, 11) is 1.65. The number of nitrogens with zero attached hydrogens (tertiary/aromatic N) is 1. The zero-order valence-electron chi connectivity index (χ0n) is 15.9. The predicted molar refractivity (Wildman–Crippen MR) is 107 cm³/mol. The van der Waals surface area contributed by atoms with E-state index in [1.807, 2.05) is 61.2 Å². The maximum atomic E-state index is 12.8. The molecule has 0 aliphatic carbocycles. The second-order valence-electron chi connectivity index (χ2n) is 6.23. The quantitative estimate of drug-likeness (QED) is 0.668. The van der Waals surface area contributed by atoms with E-state index in [9.17, 15) is 4.79 Å². The van der Waals surface area contributed by atoms with Crippen LogP contribution in [0, 0.1) is 0 Å². The molecule has 2 aromatic rings. The molecule has 2 aromatic carbocycles. The molecule has 1 amide bonds. The van der Waals surface area contributed by atoms with Gasteiger partial charge < -0.3 is 19.1 Å². The lowest BCUT2D eigenvalue weighted by molar-refractivity contribution is -0.130. The minimum Gasteiger partial charge on any atom is -0.497 e. The van der Waals surface area contributed by atoms with E-state index in [2.05, 4.69) is 0 Å². The van der Waals surface area contributed by atoms with Gasteiger partial charge in [-0.25, -0.2) is 0 Å². The van der Waals surface area contributed by atoms with Gasteiger partial charge in [-0.2, -0.15) is 0 Å². The summed E-state index contributed by atoms with van der Waals surface area (Å²) in [6, 6.07) is 13.7. The van der Waals surface area contributed by atoms with Crippen molar-refractivity contribution in [1.82, 2.24) is 4.90 Å². The summed E-state index contributed by atoms with van der Waals surface area (Å²) in [6.07, 6.45) is 0. The summed E-state index contributed by atoms with van der Waals surface area (Å²) in [5, 5.41) is 0. The molecule has 1 unspecified atom stereocenters. The highest BCUT2D eigenvalue weighted by Gasteiger charge is 2.21. The zero-order chi connectivity index (χ0) is 19.2. The molecule has 1 aliphatic heterocycles. The monoisotopic (exact) mass is 387 g/mol. The van der Waals surface area contributed by atoms with Gasteiger partial charge in [-0.15, -0.1) is 11.8 Å². The van der Waals surface area contributed by atoms with Crippen LogP contribution in [-0.2, 0) is 4.79 Å². The van der Waals surface area contributed by atoms with Gasteiger partial charge in [0, 0.05) is 11.4 Å². The molecule has 0 spiro atoms. The molecule has 1 aliphatic rings. The lowest BCUT2D eigenvalue weighted by Gasteiger charge is -2.28. The molecule has 0 saturated heterocycles. The van der Waals surface area contributed by atoms with Crippen LogP contribution >= 0.6 is 11.8 Å². The molecule has 6 heteroatoms. The summed E-state index contributed by atoms with van der Waals surface area (Å²) in [5.74, 6) is 2.79. The number of thioether (sulfide) groups is 1. The highest BCUT2D eigenvalue weighted by Crippen LogP contribution is 2.34. The maximum absolute atomic E-state index is 12.8. The highest BCUT2D eigenvalue weighted by molar-refractivity contribution is 8.00. The Balaban J connectivity index is 1.64. The van der Waals surface area contributed by atoms with Crippen LogP contribution in [-0.4, -0.2) is 43.4 Å². The number of amides is 1. The summed E-state index contributed by atoms with van der Waals surface area (Å²) in [6.45, 7) is 5.83. The summed E-state index contributed by atoms with van der Waals surface area (Å²) >= 11 is 1.51. The van der Waals surface area contributed by atoms with Crippen LogP contribution in [0.5, 0.6) is 17.2 Å². The Morgan fingerprint density at radius 3 is 2.70 bits per heavy atom. The molecule has 0 fully saturated rings. The van der Waals surface area contributed by atoms with Crippen molar-refractivity contribution in [2.75, 3.05) is 32.6 Å². The molecule has 3 rings (SSSR count). The van der Waals surface area contributed by atoms with E-state index in [0.29, 0.717) is 25.5 Å². The predicted octanol–water partition coefficient (Wildman–Crippen LogP) is 4.17. The molecular formula is C21H25NO4S. The molecule has 0 saturated carbocycles. The van der Waals surface area contributed by atoms with Crippen LogP contribution in [0.1, 0.15) is 25.5 Å². The summed E-state index contributed by atoms with van der Waals surface area (Å²) in [4.78, 5) is 15.7. The number of fused-ring (bicyclic) bond motifs is 1. The molecule has 0 bridgehead atoms. The SMILES string of the molecule is CCN(C(=O)CSc1ccc2c(c1)OCCO2)C(C)c1cccc(OC)c1. The third-order valence-electron chi connectivity index (χ3n) is 4.58. The van der Waals surface area contributed by atoms with Crippen LogP contribution in [0.25, 0.3) is 0 Å². The van der Waals surface area contributed by atoms with Gasteiger partial charge in [0.1, 0.15) is 19.0 Å². The number of rotatable bonds is 7. The minimum atomic E-state index is -0.0153. The topological polar surface area (TPSA) is 48.0 Å². The Kier molecular flexibility index (Phi) is 6.50. The molecule has 27 heavy (non-hydrogen) atoms. The van der Waals surface area contributed by atoms with E-state index in [4.69, 9.17) is 14.2 Å². The average molecular weight is 388 g/mol. The summed E-state index contributed by atoms with van der Waals surface area (Å²) < 4.78 is 16.5. The van der Waals surface area contributed by atoms with Crippen molar-refractivity contribution in [3.8, 4) is 17.2 Å². The van der Waals surface area contributed by atoms with Gasteiger partial charge in [0.25, 0.3) is 0 Å². The molecule has 5 nitrogen and oxygen atoms in total. The van der Waals surface area contributed by atoms with Gasteiger partial charge in [-0.1, -0.05) is 12.1 Å². The average Bonchev–Trinajstić information content (AvgIpc) is 2.72. The maximum Gasteiger partial charge on any atom is 0.233 e. The standard InChI is InChI=1S/C21H25NO4S/c1-4-22(15(2)16-6-5-7-17(12-16)24-3)21(23)14-27-18-8-9-19-20(13-18)26-11-10-25-19/h5-9,12-13,15H,4,10-11,14H2,1-3H3. The number of carbonyl (C=O) groups excluding carboxylic acids is 1. The van der Waals surface area contributed by atoms with Gasteiger partial charge in [0.15, 0.2) is 11.5 Å². The van der Waals surface area contributed by atoms with E-state index in [1.54, 1.807) is 7.11 Å². The van der Waals surface area contributed by atoms with Gasteiger partial charge >= 0.3 is 0 Å². The van der Waals surface area contributed by atoms with Crippen LogP contribution in [0.2, 0.25) is 0 Å². The van der Waals surface area contributed by atoms with Crippen LogP contribution in [0.4, 0.5) is 0 Å². The number of ether oxygens (including phenoxy) is 3. The molecule has 1 heterocycles. The van der Waals surface area contributed by atoms with Crippen molar-refractivity contribution in [3.63, 3.8) is 0 Å². The lowest BCUT2D eigenvalue weighted by atomic mass is 10.1. The third kappa shape index (κ3) is 4.69.